The highest BCUT2D eigenvalue weighted by atomic mass is 19.4. The Bertz CT molecular complexity index is 2080. The van der Waals surface area contributed by atoms with E-state index in [1.807, 2.05) is 12.1 Å². The van der Waals surface area contributed by atoms with Crippen LogP contribution in [0.15, 0.2) is 30.3 Å². The fraction of sp³-hybridized carbons (Fsp3) is 0.0345. The summed E-state index contributed by atoms with van der Waals surface area (Å²) in [6.07, 6.45) is -5.46. The molecule has 0 aliphatic rings. The highest BCUT2D eigenvalue weighted by molar-refractivity contribution is 6.08. The number of rotatable bonds is 4. The average Bonchev–Trinajstić information content (AvgIpc) is 3.00. The molecule has 0 spiro atoms. The predicted octanol–water partition coefficient (Wildman–Crippen LogP) is 8.44. The second-order valence-corrected chi connectivity index (χ2v) is 8.97. The van der Waals surface area contributed by atoms with Crippen LogP contribution in [0.2, 0.25) is 0 Å². The minimum Gasteiger partial charge on any atom is -0.422 e. The number of carbonyl (C=O) groups excluding carboxylic acids is 2. The summed E-state index contributed by atoms with van der Waals surface area (Å²) in [6.45, 7) is 0. The molecule has 0 aromatic heterocycles. The van der Waals surface area contributed by atoms with E-state index < -0.39 is 126 Å². The largest absolute Gasteiger partial charge is 0.422 e. The normalized spacial score (nSPS) is 11.6. The Kier molecular flexibility index (Phi) is 7.71. The van der Waals surface area contributed by atoms with E-state index in [4.69, 9.17) is 0 Å². The summed E-state index contributed by atoms with van der Waals surface area (Å²) < 4.78 is 191. The average molecular weight is 664 g/mol. The van der Waals surface area contributed by atoms with Gasteiger partial charge in [0.05, 0.1) is 5.56 Å². The van der Waals surface area contributed by atoms with E-state index in [0.29, 0.717) is 12.1 Å². The summed E-state index contributed by atoms with van der Waals surface area (Å²) >= 11 is 0. The van der Waals surface area contributed by atoms with Crippen molar-refractivity contribution in [2.45, 2.75) is 6.18 Å². The zero-order chi connectivity index (χ0) is 34.0. The van der Waals surface area contributed by atoms with Gasteiger partial charge in [-0.05, 0) is 17.5 Å². The molecule has 236 valence electrons. The molecule has 0 N–H and O–H groups in total. The van der Waals surface area contributed by atoms with Crippen LogP contribution < -0.4 is 9.47 Å². The molecule has 5 rings (SSSR count). The number of halogens is 13. The van der Waals surface area contributed by atoms with E-state index in [1.54, 1.807) is 0 Å². The number of fused-ring (bicyclic) bond motifs is 2. The Morgan fingerprint density at radius 1 is 0.609 bits per heavy atom. The van der Waals surface area contributed by atoms with Gasteiger partial charge in [0.1, 0.15) is 22.6 Å². The van der Waals surface area contributed by atoms with Crippen molar-refractivity contribution in [2.75, 3.05) is 0 Å². The van der Waals surface area contributed by atoms with Gasteiger partial charge in [0.15, 0.2) is 46.5 Å². The summed E-state index contributed by atoms with van der Waals surface area (Å²) in [7, 11) is 0. The zero-order valence-electron chi connectivity index (χ0n) is 21.4. The third-order valence-corrected chi connectivity index (χ3v) is 6.31. The molecule has 0 fully saturated rings. The van der Waals surface area contributed by atoms with Crippen molar-refractivity contribution in [3.8, 4) is 11.5 Å². The summed E-state index contributed by atoms with van der Waals surface area (Å²) in [5, 5.41) is -3.43. The zero-order valence-corrected chi connectivity index (χ0v) is 21.4. The summed E-state index contributed by atoms with van der Waals surface area (Å²) in [5.41, 5.74) is -5.99. The highest BCUT2D eigenvalue weighted by Gasteiger charge is 2.38. The first kappa shape index (κ1) is 31.9. The van der Waals surface area contributed by atoms with Gasteiger partial charge in [0.2, 0.25) is 11.6 Å². The number of hydrogen-bond donors (Lipinski definition) is 0. The number of ether oxygens (including phenoxy) is 2. The molecule has 0 saturated heterocycles. The van der Waals surface area contributed by atoms with Crippen LogP contribution in [0, 0.1) is 70.3 Å². The maximum Gasteiger partial charge on any atom is 0.418 e. The molecule has 0 heterocycles. The SMILES string of the molecule is O=C(Oc1cc#cc2c(C(F)(F)F)c3c(OC(=O)c4c(F)c(F)c(F)c(F)c4F)cccc3cc12)c1c(F)c(F)c(F)c(F)c1F. The maximum absolute atomic E-state index is 14.5. The fourth-order valence-electron chi connectivity index (χ4n) is 4.32. The van der Waals surface area contributed by atoms with E-state index >= 15 is 0 Å². The molecule has 5 aromatic rings. The molecule has 17 heteroatoms. The molecule has 0 amide bonds. The summed E-state index contributed by atoms with van der Waals surface area (Å²) in [4.78, 5) is 25.0. The standard InChI is InChI=1S/C29H5F13O4/c30-17-14(18(31)22(35)25(38)21(17)34)27(43)45-11-5-2-4-9-10(11)7-8-3-1-6-12(13(8)16(9)29(40,41)42)46-28(44)15-19(32)23(36)26(39)24(37)20(15)33/h1,3,5-7H. The Morgan fingerprint density at radius 3 is 1.50 bits per heavy atom. The van der Waals surface area contributed by atoms with Gasteiger partial charge in [-0.25, -0.2) is 53.5 Å². The van der Waals surface area contributed by atoms with E-state index in [2.05, 4.69) is 9.47 Å². The van der Waals surface area contributed by atoms with Crippen molar-refractivity contribution >= 4 is 33.5 Å². The van der Waals surface area contributed by atoms with E-state index in [1.165, 1.54) is 0 Å². The Labute approximate surface area is 245 Å². The molecule has 5 aromatic carbocycles. The van der Waals surface area contributed by atoms with Crippen LogP contribution in [0.5, 0.6) is 11.5 Å². The lowest BCUT2D eigenvalue weighted by atomic mass is 9.96. The monoisotopic (exact) mass is 664 g/mol. The third-order valence-electron chi connectivity index (χ3n) is 6.31. The topological polar surface area (TPSA) is 52.6 Å². The quantitative estimate of drug-likeness (QED) is 0.0637. The molecule has 0 saturated carbocycles. The number of carbonyl (C=O) groups is 2. The van der Waals surface area contributed by atoms with Crippen LogP contribution in [-0.4, -0.2) is 11.9 Å². The molecule has 0 unspecified atom stereocenters. The highest BCUT2D eigenvalue weighted by Crippen LogP contribution is 2.45. The van der Waals surface area contributed by atoms with Crippen molar-refractivity contribution < 1.29 is 76.1 Å². The van der Waals surface area contributed by atoms with Gasteiger partial charge in [-0.3, -0.25) is 0 Å². The number of benzene rings is 4. The molecule has 0 aliphatic carbocycles. The van der Waals surface area contributed by atoms with Crippen molar-refractivity contribution in [3.05, 3.63) is 117 Å². The molecule has 4 nitrogen and oxygen atoms in total. The number of esters is 2. The Balaban J connectivity index is 1.69. The molecular formula is C29H5F13O4. The van der Waals surface area contributed by atoms with Crippen LogP contribution in [0.3, 0.4) is 0 Å². The fourth-order valence-corrected chi connectivity index (χ4v) is 4.32. The van der Waals surface area contributed by atoms with E-state index in [-0.39, 0.29) is 0 Å². The van der Waals surface area contributed by atoms with E-state index in [0.717, 1.165) is 18.2 Å². The minimum absolute atomic E-state index is 0.560. The van der Waals surface area contributed by atoms with Crippen LogP contribution in [0.1, 0.15) is 26.3 Å². The third kappa shape index (κ3) is 4.95. The molecule has 0 aliphatic heterocycles. The van der Waals surface area contributed by atoms with Gasteiger partial charge in [-0.15, -0.1) is 0 Å². The van der Waals surface area contributed by atoms with Crippen LogP contribution in [0.4, 0.5) is 57.1 Å². The van der Waals surface area contributed by atoms with Crippen LogP contribution >= 0.6 is 0 Å². The Hall–Kier alpha value is -5.53. The lowest BCUT2D eigenvalue weighted by molar-refractivity contribution is -0.135. The minimum atomic E-state index is -5.46. The van der Waals surface area contributed by atoms with Gasteiger partial charge >= 0.3 is 18.1 Å². The Morgan fingerprint density at radius 2 is 1.04 bits per heavy atom. The molecule has 46 heavy (non-hydrogen) atoms. The second-order valence-electron chi connectivity index (χ2n) is 8.97. The smallest absolute Gasteiger partial charge is 0.418 e. The predicted molar refractivity (Wildman–Crippen MR) is 127 cm³/mol. The van der Waals surface area contributed by atoms with Crippen LogP contribution in [0.25, 0.3) is 21.5 Å². The second kappa shape index (κ2) is 11.1. The van der Waals surface area contributed by atoms with E-state index in [9.17, 15) is 66.7 Å². The van der Waals surface area contributed by atoms with Crippen molar-refractivity contribution in [1.29, 1.82) is 0 Å². The van der Waals surface area contributed by atoms with Gasteiger partial charge < -0.3 is 9.47 Å². The van der Waals surface area contributed by atoms with Gasteiger partial charge in [-0.2, -0.15) is 13.2 Å². The maximum atomic E-state index is 14.5. The van der Waals surface area contributed by atoms with Gasteiger partial charge in [0, 0.05) is 22.2 Å². The summed E-state index contributed by atoms with van der Waals surface area (Å²) in [6, 6.07) is 7.90. The first-order valence-electron chi connectivity index (χ1n) is 11.8. The first-order chi connectivity index (χ1) is 21.5. The van der Waals surface area contributed by atoms with Crippen molar-refractivity contribution in [3.63, 3.8) is 0 Å². The molecular weight excluding hydrogens is 659 g/mol. The van der Waals surface area contributed by atoms with Crippen LogP contribution in [-0.2, 0) is 6.18 Å². The number of alkyl halides is 3. The lowest BCUT2D eigenvalue weighted by Gasteiger charge is -2.17. The lowest BCUT2D eigenvalue weighted by Crippen LogP contribution is -2.18. The van der Waals surface area contributed by atoms with Crippen molar-refractivity contribution in [1.82, 2.24) is 0 Å². The molecule has 0 bridgehead atoms. The molecule has 0 atom stereocenters. The molecule has 0 radical (unpaired) electrons. The van der Waals surface area contributed by atoms with Crippen molar-refractivity contribution in [2.24, 2.45) is 0 Å². The number of hydrogen-bond acceptors (Lipinski definition) is 4. The first-order valence-corrected chi connectivity index (χ1v) is 11.8. The van der Waals surface area contributed by atoms with Gasteiger partial charge in [0.25, 0.3) is 0 Å². The van der Waals surface area contributed by atoms with Gasteiger partial charge in [-0.1, -0.05) is 24.3 Å². The summed E-state index contributed by atoms with van der Waals surface area (Å²) in [5.74, 6) is -32.5.